The maximum absolute atomic E-state index is 13.3. The predicted molar refractivity (Wildman–Crippen MR) is 91.7 cm³/mol. The second-order valence-corrected chi connectivity index (χ2v) is 6.27. The lowest BCUT2D eigenvalue weighted by Crippen LogP contribution is -1.99. The van der Waals surface area contributed by atoms with Gasteiger partial charge in [-0.25, -0.2) is 14.4 Å². The lowest BCUT2D eigenvalue weighted by molar-refractivity contribution is -0.115. The molecule has 7 nitrogen and oxygen atoms in total. The number of carbonyl (C=O) groups is 1. The van der Waals surface area contributed by atoms with Crippen LogP contribution in [0.2, 0.25) is 0 Å². The lowest BCUT2D eigenvalue weighted by Gasteiger charge is -2.00. The van der Waals surface area contributed by atoms with Crippen LogP contribution in [0, 0.1) is 19.7 Å². The van der Waals surface area contributed by atoms with Gasteiger partial charge in [0.2, 0.25) is 5.88 Å². The summed E-state index contributed by atoms with van der Waals surface area (Å²) in [6, 6.07) is 5.77. The molecule has 0 atom stereocenters. The first-order valence-corrected chi connectivity index (χ1v) is 8.31. The van der Waals surface area contributed by atoms with Crippen LogP contribution in [-0.4, -0.2) is 31.7 Å². The van der Waals surface area contributed by atoms with Gasteiger partial charge in [0, 0.05) is 16.8 Å². The highest BCUT2D eigenvalue weighted by atomic mass is 32.2. The Morgan fingerprint density at radius 2 is 2.00 bits per heavy atom. The summed E-state index contributed by atoms with van der Waals surface area (Å²) in [5.74, 6) is -1.26. The summed E-state index contributed by atoms with van der Waals surface area (Å²) in [7, 11) is 0. The molecule has 9 heteroatoms. The number of aromatic nitrogens is 3. The molecule has 3 rings (SSSR count). The molecule has 0 aliphatic rings. The maximum Gasteiger partial charge on any atom is 0.275 e. The van der Waals surface area contributed by atoms with E-state index < -0.39 is 11.7 Å². The predicted octanol–water partition coefficient (Wildman–Crippen LogP) is 3.82. The molecule has 2 aromatic heterocycles. The summed E-state index contributed by atoms with van der Waals surface area (Å²) in [4.78, 5) is 23.0. The van der Waals surface area contributed by atoms with E-state index in [1.807, 2.05) is 19.9 Å². The van der Waals surface area contributed by atoms with Gasteiger partial charge < -0.3 is 10.1 Å². The van der Waals surface area contributed by atoms with Crippen LogP contribution in [0.1, 0.15) is 11.4 Å². The summed E-state index contributed by atoms with van der Waals surface area (Å²) in [5, 5.41) is 18.0. The van der Waals surface area contributed by atoms with Gasteiger partial charge in [-0.15, -0.1) is 10.2 Å². The number of nitrogens with zero attached hydrogens (tertiary/aromatic N) is 4. The van der Waals surface area contributed by atoms with E-state index >= 15 is 0 Å². The largest absolute Gasteiger partial charge is 0.493 e. The second kappa shape index (κ2) is 6.98. The van der Waals surface area contributed by atoms with Crippen molar-refractivity contribution in [3.05, 3.63) is 41.5 Å². The van der Waals surface area contributed by atoms with E-state index in [9.17, 15) is 14.3 Å². The van der Waals surface area contributed by atoms with Crippen molar-refractivity contribution in [1.82, 2.24) is 15.0 Å². The van der Waals surface area contributed by atoms with Crippen LogP contribution in [-0.2, 0) is 4.79 Å². The third-order valence-electron chi connectivity index (χ3n) is 3.26. The Balaban J connectivity index is 1.72. The number of aromatic hydroxyl groups is 1. The number of rotatable bonds is 4. The standard InChI is InChI=1S/C16H14FN5O2S/c1-8-5-9(2)19-16(18-8)25-7-13(23)21-22-14-11-6-10(17)3-4-12(11)20-15(14)24/h3-6,20,24H,7H2,1-2H3. The van der Waals surface area contributed by atoms with Crippen LogP contribution >= 0.6 is 11.8 Å². The van der Waals surface area contributed by atoms with Gasteiger partial charge in [0.1, 0.15) is 5.82 Å². The highest BCUT2D eigenvalue weighted by Crippen LogP contribution is 2.35. The molecule has 0 unspecified atom stereocenters. The van der Waals surface area contributed by atoms with E-state index in [4.69, 9.17) is 0 Å². The van der Waals surface area contributed by atoms with E-state index in [2.05, 4.69) is 25.2 Å². The maximum atomic E-state index is 13.3. The second-order valence-electron chi connectivity index (χ2n) is 5.33. The minimum absolute atomic E-state index is 0.00384. The molecule has 0 radical (unpaired) electrons. The molecule has 1 aromatic carbocycles. The van der Waals surface area contributed by atoms with Crippen molar-refractivity contribution in [3.8, 4) is 5.88 Å². The first-order valence-electron chi connectivity index (χ1n) is 7.32. The van der Waals surface area contributed by atoms with Gasteiger partial charge in [-0.2, -0.15) is 0 Å². The van der Waals surface area contributed by atoms with Crippen LogP contribution < -0.4 is 0 Å². The highest BCUT2D eigenvalue weighted by Gasteiger charge is 2.12. The first kappa shape index (κ1) is 17.0. The fraction of sp³-hybridized carbons (Fsp3) is 0.188. The molecule has 0 spiro atoms. The molecule has 0 aliphatic heterocycles. The van der Waals surface area contributed by atoms with Crippen molar-refractivity contribution in [1.29, 1.82) is 0 Å². The molecule has 128 valence electrons. The number of fused-ring (bicyclic) bond motifs is 1. The number of hydrogen-bond acceptors (Lipinski definition) is 6. The number of amides is 1. The number of azo groups is 1. The Labute approximate surface area is 146 Å². The van der Waals surface area contributed by atoms with Crippen molar-refractivity contribution >= 4 is 34.3 Å². The summed E-state index contributed by atoms with van der Waals surface area (Å²) in [6.07, 6.45) is 0. The molecule has 25 heavy (non-hydrogen) atoms. The first-order chi connectivity index (χ1) is 11.9. The molecular formula is C16H14FN5O2S. The third-order valence-corrected chi connectivity index (χ3v) is 4.09. The van der Waals surface area contributed by atoms with Crippen molar-refractivity contribution in [2.75, 3.05) is 5.75 Å². The van der Waals surface area contributed by atoms with Crippen LogP contribution in [0.5, 0.6) is 5.88 Å². The number of aryl methyl sites for hydroxylation is 2. The average molecular weight is 359 g/mol. The Bertz CT molecular complexity index is 966. The number of carbonyl (C=O) groups excluding carboxylic acids is 1. The van der Waals surface area contributed by atoms with Gasteiger partial charge in [0.25, 0.3) is 5.91 Å². The average Bonchev–Trinajstić information content (AvgIpc) is 2.85. The zero-order chi connectivity index (χ0) is 18.0. The van der Waals surface area contributed by atoms with Crippen molar-refractivity contribution in [2.24, 2.45) is 10.2 Å². The normalized spacial score (nSPS) is 11.5. The smallest absolute Gasteiger partial charge is 0.275 e. The fourth-order valence-electron chi connectivity index (χ4n) is 2.26. The number of halogens is 1. The number of thioether (sulfide) groups is 1. The Hall–Kier alpha value is -2.81. The van der Waals surface area contributed by atoms with Crippen molar-refractivity contribution in [2.45, 2.75) is 19.0 Å². The lowest BCUT2D eigenvalue weighted by atomic mass is 10.2. The SMILES string of the molecule is Cc1cc(C)nc(SCC(=O)N=Nc2c(O)[nH]c3ccc(F)cc23)n1. The van der Waals surface area contributed by atoms with Crippen LogP contribution in [0.4, 0.5) is 10.1 Å². The van der Waals surface area contributed by atoms with Crippen LogP contribution in [0.15, 0.2) is 39.7 Å². The summed E-state index contributed by atoms with van der Waals surface area (Å²) < 4.78 is 13.3. The molecule has 0 saturated heterocycles. The molecule has 3 aromatic rings. The molecule has 0 fully saturated rings. The van der Waals surface area contributed by atoms with Crippen molar-refractivity contribution in [3.63, 3.8) is 0 Å². The van der Waals surface area contributed by atoms with Gasteiger partial charge in [-0.1, -0.05) is 11.8 Å². The Morgan fingerprint density at radius 3 is 2.72 bits per heavy atom. The van der Waals surface area contributed by atoms with Crippen molar-refractivity contribution < 1.29 is 14.3 Å². The summed E-state index contributed by atoms with van der Waals surface area (Å²) in [6.45, 7) is 3.69. The quantitative estimate of drug-likeness (QED) is 0.419. The number of aromatic amines is 1. The minimum atomic E-state index is -0.516. The zero-order valence-corrected chi connectivity index (χ0v) is 14.3. The van der Waals surface area contributed by atoms with Crippen LogP contribution in [0.3, 0.4) is 0 Å². The van der Waals surface area contributed by atoms with E-state index in [0.717, 1.165) is 23.1 Å². The third kappa shape index (κ3) is 4.00. The number of hydrogen-bond donors (Lipinski definition) is 2. The highest BCUT2D eigenvalue weighted by molar-refractivity contribution is 7.99. The van der Waals surface area contributed by atoms with E-state index in [1.54, 1.807) is 0 Å². The molecule has 1 amide bonds. The van der Waals surface area contributed by atoms with Gasteiger partial charge in [0.15, 0.2) is 10.8 Å². The van der Waals surface area contributed by atoms with Gasteiger partial charge >= 0.3 is 0 Å². The number of benzene rings is 1. The summed E-state index contributed by atoms with van der Waals surface area (Å²) >= 11 is 1.15. The number of H-pyrrole nitrogens is 1. The Morgan fingerprint density at radius 1 is 1.28 bits per heavy atom. The Kier molecular flexibility index (Phi) is 4.75. The van der Waals surface area contributed by atoms with E-state index in [-0.39, 0.29) is 17.3 Å². The van der Waals surface area contributed by atoms with Crippen LogP contribution in [0.25, 0.3) is 10.9 Å². The molecule has 2 heterocycles. The molecule has 0 aliphatic carbocycles. The van der Waals surface area contributed by atoms with Gasteiger partial charge in [-0.3, -0.25) is 4.79 Å². The molecular weight excluding hydrogens is 345 g/mol. The van der Waals surface area contributed by atoms with E-state index in [1.165, 1.54) is 18.2 Å². The van der Waals surface area contributed by atoms with Gasteiger partial charge in [0.05, 0.1) is 11.3 Å². The topological polar surface area (TPSA) is 104 Å². The summed E-state index contributed by atoms with van der Waals surface area (Å²) in [5.41, 5.74) is 2.15. The fourth-order valence-corrected chi connectivity index (χ4v) is 2.98. The van der Waals surface area contributed by atoms with E-state index in [0.29, 0.717) is 16.1 Å². The minimum Gasteiger partial charge on any atom is -0.493 e. The molecule has 0 saturated carbocycles. The van der Waals surface area contributed by atoms with Gasteiger partial charge in [-0.05, 0) is 38.1 Å². The zero-order valence-electron chi connectivity index (χ0n) is 13.4. The molecule has 2 N–H and O–H groups in total. The monoisotopic (exact) mass is 359 g/mol. The molecule has 0 bridgehead atoms. The number of nitrogens with one attached hydrogen (secondary N) is 1.